The summed E-state index contributed by atoms with van der Waals surface area (Å²) in [6.07, 6.45) is 1.60. The van der Waals surface area contributed by atoms with E-state index < -0.39 is 6.09 Å². The molecule has 0 unspecified atom stereocenters. The summed E-state index contributed by atoms with van der Waals surface area (Å²) in [4.78, 5) is 12.7. The molecule has 1 aliphatic heterocycles. The van der Waals surface area contributed by atoms with E-state index in [4.69, 9.17) is 9.84 Å². The average molecular weight is 199 g/mol. The molecule has 4 nitrogen and oxygen atoms in total. The van der Waals surface area contributed by atoms with Crippen LogP contribution in [0.25, 0.3) is 0 Å². The summed E-state index contributed by atoms with van der Waals surface area (Å²) in [7, 11) is 0. The Balaban J connectivity index is 2.07. The van der Waals surface area contributed by atoms with Gasteiger partial charge >= 0.3 is 6.09 Å². The number of fused-ring (bicyclic) bond motifs is 1. The number of hydrogen-bond donors (Lipinski definition) is 1. The van der Waals surface area contributed by atoms with Crippen LogP contribution in [-0.2, 0) is 4.74 Å². The lowest BCUT2D eigenvalue weighted by molar-refractivity contribution is 0.0591. The molecule has 0 aromatic heterocycles. The maximum atomic E-state index is 11.1. The van der Waals surface area contributed by atoms with Crippen LogP contribution in [0.2, 0.25) is 0 Å². The number of hydrogen-bond acceptors (Lipinski definition) is 2. The Hall–Kier alpha value is -0.770. The molecule has 2 fully saturated rings. The molecule has 80 valence electrons. The second-order valence-electron chi connectivity index (χ2n) is 5.16. The smallest absolute Gasteiger partial charge is 0.407 e. The Morgan fingerprint density at radius 1 is 1.36 bits per heavy atom. The summed E-state index contributed by atoms with van der Waals surface area (Å²) in [5, 5.41) is 9.16. The van der Waals surface area contributed by atoms with E-state index in [2.05, 4.69) is 0 Å². The van der Waals surface area contributed by atoms with E-state index in [-0.39, 0.29) is 11.6 Å². The van der Waals surface area contributed by atoms with Gasteiger partial charge in [-0.05, 0) is 33.6 Å². The van der Waals surface area contributed by atoms with Gasteiger partial charge in [-0.3, -0.25) is 0 Å². The maximum absolute atomic E-state index is 11.1. The van der Waals surface area contributed by atoms with Crippen molar-refractivity contribution in [3.63, 3.8) is 0 Å². The van der Waals surface area contributed by atoms with E-state index in [9.17, 15) is 4.79 Å². The minimum atomic E-state index is -0.816. The first-order valence-corrected chi connectivity index (χ1v) is 5.07. The first kappa shape index (κ1) is 9.77. The number of ether oxygens (including phenoxy) is 1. The van der Waals surface area contributed by atoms with Crippen LogP contribution in [0.4, 0.5) is 4.79 Å². The molecule has 0 aromatic rings. The number of amides is 1. The summed E-state index contributed by atoms with van der Waals surface area (Å²) in [5.74, 6) is 0. The van der Waals surface area contributed by atoms with Crippen molar-refractivity contribution in [3.05, 3.63) is 0 Å². The predicted molar refractivity (Wildman–Crippen MR) is 51.3 cm³/mol. The third-order valence-corrected chi connectivity index (χ3v) is 2.99. The van der Waals surface area contributed by atoms with Crippen molar-refractivity contribution in [3.8, 4) is 0 Å². The van der Waals surface area contributed by atoms with E-state index in [1.54, 1.807) is 4.90 Å². The number of epoxide rings is 1. The molecule has 2 atom stereocenters. The molecule has 4 heteroatoms. The van der Waals surface area contributed by atoms with Crippen molar-refractivity contribution in [1.82, 2.24) is 4.90 Å². The van der Waals surface area contributed by atoms with Gasteiger partial charge in [0.2, 0.25) is 0 Å². The van der Waals surface area contributed by atoms with Gasteiger partial charge in [-0.1, -0.05) is 0 Å². The Bertz CT molecular complexity index is 249. The van der Waals surface area contributed by atoms with Gasteiger partial charge in [0.05, 0.1) is 12.2 Å². The van der Waals surface area contributed by atoms with Gasteiger partial charge in [0.1, 0.15) is 0 Å². The van der Waals surface area contributed by atoms with E-state index >= 15 is 0 Å². The molecule has 1 heterocycles. The molecule has 1 aliphatic carbocycles. The molecule has 1 N–H and O–H groups in total. The number of carboxylic acid groups (broad SMARTS) is 1. The highest BCUT2D eigenvalue weighted by Gasteiger charge is 2.52. The molecule has 0 bridgehead atoms. The zero-order chi connectivity index (χ0) is 10.5. The van der Waals surface area contributed by atoms with Crippen molar-refractivity contribution < 1.29 is 14.6 Å². The molecule has 14 heavy (non-hydrogen) atoms. The third-order valence-electron chi connectivity index (χ3n) is 2.99. The van der Waals surface area contributed by atoms with Crippen molar-refractivity contribution in [1.29, 1.82) is 0 Å². The lowest BCUT2D eigenvalue weighted by Crippen LogP contribution is -2.50. The van der Waals surface area contributed by atoms with Gasteiger partial charge in [0.25, 0.3) is 0 Å². The minimum absolute atomic E-state index is 0.149. The number of nitrogens with zero attached hydrogens (tertiary/aromatic N) is 1. The Kier molecular flexibility index (Phi) is 2.00. The van der Waals surface area contributed by atoms with Crippen molar-refractivity contribution in [2.75, 3.05) is 0 Å². The monoisotopic (exact) mass is 199 g/mol. The highest BCUT2D eigenvalue weighted by Crippen LogP contribution is 2.42. The van der Waals surface area contributed by atoms with Crippen LogP contribution in [0.1, 0.15) is 33.6 Å². The first-order chi connectivity index (χ1) is 6.39. The predicted octanol–water partition coefficient (Wildman–Crippen LogP) is 1.69. The number of rotatable bonds is 1. The van der Waals surface area contributed by atoms with Crippen molar-refractivity contribution in [2.45, 2.75) is 57.4 Å². The van der Waals surface area contributed by atoms with Crippen LogP contribution in [0.15, 0.2) is 0 Å². The van der Waals surface area contributed by atoms with Gasteiger partial charge < -0.3 is 14.7 Å². The lowest BCUT2D eigenvalue weighted by atomic mass is 10.0. The van der Waals surface area contributed by atoms with Gasteiger partial charge in [-0.25, -0.2) is 4.79 Å². The van der Waals surface area contributed by atoms with Crippen LogP contribution in [0, 0.1) is 0 Å². The van der Waals surface area contributed by atoms with Crippen LogP contribution in [-0.4, -0.2) is 39.9 Å². The summed E-state index contributed by atoms with van der Waals surface area (Å²) in [6, 6.07) is 0.149. The second kappa shape index (κ2) is 2.86. The van der Waals surface area contributed by atoms with E-state index in [0.717, 1.165) is 12.8 Å². The third kappa shape index (κ3) is 1.59. The number of carbonyl (C=O) groups is 1. The SMILES string of the molecule is CC(C)(C)N(C(=O)O)C1C[C@@H]2O[C@H]2C1. The van der Waals surface area contributed by atoms with Gasteiger partial charge in [-0.2, -0.15) is 0 Å². The van der Waals surface area contributed by atoms with Crippen LogP contribution >= 0.6 is 0 Å². The van der Waals surface area contributed by atoms with Crippen LogP contribution < -0.4 is 0 Å². The molecular weight excluding hydrogens is 182 g/mol. The van der Waals surface area contributed by atoms with Crippen LogP contribution in [0.5, 0.6) is 0 Å². The lowest BCUT2D eigenvalue weighted by Gasteiger charge is -2.38. The normalized spacial score (nSPS) is 31.4. The fourth-order valence-electron chi connectivity index (χ4n) is 2.43. The fourth-order valence-corrected chi connectivity index (χ4v) is 2.43. The Morgan fingerprint density at radius 3 is 2.21 bits per heavy atom. The summed E-state index contributed by atoms with van der Waals surface area (Å²) < 4.78 is 5.31. The minimum Gasteiger partial charge on any atom is -0.465 e. The average Bonchev–Trinajstić information content (AvgIpc) is 2.55. The fraction of sp³-hybridized carbons (Fsp3) is 0.900. The molecule has 2 rings (SSSR count). The quantitative estimate of drug-likeness (QED) is 0.654. The molecule has 2 aliphatic rings. The summed E-state index contributed by atoms with van der Waals surface area (Å²) >= 11 is 0. The molecule has 0 spiro atoms. The largest absolute Gasteiger partial charge is 0.465 e. The highest BCUT2D eigenvalue weighted by atomic mass is 16.6. The highest BCUT2D eigenvalue weighted by molar-refractivity contribution is 5.66. The van der Waals surface area contributed by atoms with Gasteiger partial charge in [-0.15, -0.1) is 0 Å². The Labute approximate surface area is 83.8 Å². The summed E-state index contributed by atoms with van der Waals surface area (Å²) in [5.41, 5.74) is -0.312. The van der Waals surface area contributed by atoms with Crippen molar-refractivity contribution >= 4 is 6.09 Å². The molecule has 0 aromatic carbocycles. The molecule has 1 saturated carbocycles. The maximum Gasteiger partial charge on any atom is 0.407 e. The van der Waals surface area contributed by atoms with Gasteiger partial charge in [0.15, 0.2) is 0 Å². The van der Waals surface area contributed by atoms with Crippen LogP contribution in [0.3, 0.4) is 0 Å². The van der Waals surface area contributed by atoms with E-state index in [0.29, 0.717) is 12.2 Å². The summed E-state index contributed by atoms with van der Waals surface area (Å²) in [6.45, 7) is 5.81. The standard InChI is InChI=1S/C10H17NO3/c1-10(2,3)11(9(12)13)6-4-7-8(5-6)14-7/h6-8H,4-5H2,1-3H3,(H,12,13)/t7-,8-/m0/s1. The topological polar surface area (TPSA) is 53.1 Å². The molecular formula is C10H17NO3. The zero-order valence-electron chi connectivity index (χ0n) is 8.86. The van der Waals surface area contributed by atoms with Gasteiger partial charge in [0, 0.05) is 11.6 Å². The Morgan fingerprint density at radius 2 is 1.86 bits per heavy atom. The van der Waals surface area contributed by atoms with E-state index in [1.807, 2.05) is 20.8 Å². The first-order valence-electron chi connectivity index (χ1n) is 5.07. The zero-order valence-corrected chi connectivity index (χ0v) is 8.86. The second-order valence-corrected chi connectivity index (χ2v) is 5.16. The van der Waals surface area contributed by atoms with E-state index in [1.165, 1.54) is 0 Å². The van der Waals surface area contributed by atoms with Crippen molar-refractivity contribution in [2.24, 2.45) is 0 Å². The molecule has 0 radical (unpaired) electrons. The molecule has 1 saturated heterocycles. The molecule has 1 amide bonds.